The molecule has 0 amide bonds. The van der Waals surface area contributed by atoms with Gasteiger partial charge in [0.15, 0.2) is 5.03 Å². The molecule has 0 bridgehead atoms. The second-order valence-corrected chi connectivity index (χ2v) is 9.47. The molecular weight excluding hydrogens is 436 g/mol. The first-order valence-electron chi connectivity index (χ1n) is 9.52. The number of carboxylic acid groups (broad SMARTS) is 1. The van der Waals surface area contributed by atoms with Crippen LogP contribution in [-0.4, -0.2) is 29.0 Å². The van der Waals surface area contributed by atoms with Crippen LogP contribution in [0.3, 0.4) is 0 Å². The van der Waals surface area contributed by atoms with E-state index in [2.05, 4.69) is 4.98 Å². The van der Waals surface area contributed by atoms with Gasteiger partial charge in [-0.3, -0.25) is 4.79 Å². The maximum absolute atomic E-state index is 13.2. The summed E-state index contributed by atoms with van der Waals surface area (Å²) in [6, 6.07) is 16.9. The van der Waals surface area contributed by atoms with Gasteiger partial charge in [-0.25, -0.2) is 13.4 Å². The second-order valence-electron chi connectivity index (χ2n) is 7.17. The normalized spacial score (nSPS) is 11.7. The van der Waals surface area contributed by atoms with Crippen LogP contribution in [0, 0.1) is 6.92 Å². The number of rotatable bonds is 6. The molecule has 4 aromatic rings. The number of sulfone groups is 1. The summed E-state index contributed by atoms with van der Waals surface area (Å²) in [6.45, 7) is 1.63. The Hall–Kier alpha value is -3.16. The van der Waals surface area contributed by atoms with E-state index in [4.69, 9.17) is 11.6 Å². The summed E-state index contributed by atoms with van der Waals surface area (Å²) < 4.78 is 28.2. The van der Waals surface area contributed by atoms with Crippen LogP contribution in [-0.2, 0) is 27.6 Å². The largest absolute Gasteiger partial charge is 0.480 e. The molecule has 4 rings (SSSR count). The Morgan fingerprint density at radius 1 is 1.10 bits per heavy atom. The highest BCUT2D eigenvalue weighted by atomic mass is 35.5. The van der Waals surface area contributed by atoms with Crippen molar-refractivity contribution in [2.24, 2.45) is 0 Å². The average Bonchev–Trinajstić information content (AvgIpc) is 2.99. The van der Waals surface area contributed by atoms with Gasteiger partial charge in [0.2, 0.25) is 9.84 Å². The predicted octanol–water partition coefficient (Wildman–Crippen LogP) is 4.51. The zero-order valence-electron chi connectivity index (χ0n) is 16.6. The number of pyridine rings is 1. The Balaban J connectivity index is 1.88. The third-order valence-electron chi connectivity index (χ3n) is 5.23. The molecule has 2 aromatic carbocycles. The predicted molar refractivity (Wildman–Crippen MR) is 118 cm³/mol. The van der Waals surface area contributed by atoms with Crippen molar-refractivity contribution in [2.75, 3.05) is 0 Å². The summed E-state index contributed by atoms with van der Waals surface area (Å²) in [5.41, 5.74) is 2.82. The van der Waals surface area contributed by atoms with Gasteiger partial charge in [0.25, 0.3) is 0 Å². The number of hydrogen-bond acceptors (Lipinski definition) is 4. The Morgan fingerprint density at radius 3 is 2.55 bits per heavy atom. The van der Waals surface area contributed by atoms with Crippen molar-refractivity contribution in [1.82, 2.24) is 9.55 Å². The molecule has 0 aliphatic rings. The molecule has 6 nitrogen and oxygen atoms in total. The van der Waals surface area contributed by atoms with Crippen molar-refractivity contribution >= 4 is 38.3 Å². The van der Waals surface area contributed by atoms with Gasteiger partial charge in [-0.05, 0) is 54.4 Å². The number of hydrogen-bond donors (Lipinski definition) is 1. The summed E-state index contributed by atoms with van der Waals surface area (Å²) in [5.74, 6) is -0.963. The third-order valence-corrected chi connectivity index (χ3v) is 7.24. The fourth-order valence-corrected chi connectivity index (χ4v) is 5.38. The molecule has 0 spiro atoms. The van der Waals surface area contributed by atoms with Crippen LogP contribution in [0.25, 0.3) is 10.9 Å². The number of carbonyl (C=O) groups is 1. The Bertz CT molecular complexity index is 1400. The Morgan fingerprint density at radius 2 is 1.84 bits per heavy atom. The van der Waals surface area contributed by atoms with Crippen LogP contribution in [0.1, 0.15) is 16.8 Å². The number of benzene rings is 2. The zero-order chi connectivity index (χ0) is 22.2. The van der Waals surface area contributed by atoms with Crippen molar-refractivity contribution in [3.63, 3.8) is 0 Å². The molecule has 0 unspecified atom stereocenters. The van der Waals surface area contributed by atoms with E-state index in [1.54, 1.807) is 53.1 Å². The number of aliphatic carboxylic acids is 1. The molecule has 0 saturated carbocycles. The maximum Gasteiger partial charge on any atom is 0.323 e. The number of fused-ring (bicyclic) bond motifs is 1. The molecule has 8 heteroatoms. The Labute approximate surface area is 184 Å². The number of carboxylic acids is 1. The molecule has 2 heterocycles. The van der Waals surface area contributed by atoms with Gasteiger partial charge in [0.05, 0.1) is 4.90 Å². The fourth-order valence-electron chi connectivity index (χ4n) is 3.79. The molecule has 0 atom stereocenters. The quantitative estimate of drug-likeness (QED) is 0.463. The lowest BCUT2D eigenvalue weighted by molar-refractivity contribution is -0.137. The summed E-state index contributed by atoms with van der Waals surface area (Å²) in [6.07, 6.45) is 1.72. The number of halogens is 1. The minimum atomic E-state index is -3.81. The maximum atomic E-state index is 13.2. The SMILES string of the molecule is Cc1c(Cc2cccnc2S(=O)(=O)c2ccccc2)c2cc(Cl)ccc2n1CC(=O)O. The zero-order valence-corrected chi connectivity index (χ0v) is 18.2. The van der Waals surface area contributed by atoms with Crippen molar-refractivity contribution in [3.05, 3.63) is 88.7 Å². The molecule has 0 aliphatic heterocycles. The number of nitrogens with zero attached hydrogens (tertiary/aromatic N) is 2. The standard InChI is InChI=1S/C23H19ClN2O4S/c1-15-19(20-13-17(24)9-10-21(20)26(15)14-22(27)28)12-16-6-5-11-25-23(16)31(29,30)18-7-3-2-4-8-18/h2-11,13H,12,14H2,1H3,(H,27,28). The fraction of sp³-hybridized carbons (Fsp3) is 0.130. The van der Waals surface area contributed by atoms with Crippen molar-refractivity contribution < 1.29 is 18.3 Å². The lowest BCUT2D eigenvalue weighted by Crippen LogP contribution is -2.11. The summed E-state index contributed by atoms with van der Waals surface area (Å²) in [4.78, 5) is 15.8. The van der Waals surface area contributed by atoms with Gasteiger partial charge in [0.1, 0.15) is 6.54 Å². The van der Waals surface area contributed by atoms with E-state index in [-0.39, 0.29) is 22.9 Å². The van der Waals surface area contributed by atoms with Crippen LogP contribution in [0.2, 0.25) is 5.02 Å². The van der Waals surface area contributed by atoms with Crippen LogP contribution in [0.4, 0.5) is 0 Å². The lowest BCUT2D eigenvalue weighted by Gasteiger charge is -2.10. The van der Waals surface area contributed by atoms with E-state index in [1.807, 2.05) is 6.92 Å². The highest BCUT2D eigenvalue weighted by Gasteiger charge is 2.24. The van der Waals surface area contributed by atoms with E-state index in [0.29, 0.717) is 10.6 Å². The first kappa shape index (κ1) is 21.1. The van der Waals surface area contributed by atoms with Crippen LogP contribution >= 0.6 is 11.6 Å². The van der Waals surface area contributed by atoms with Crippen molar-refractivity contribution in [1.29, 1.82) is 0 Å². The molecule has 0 saturated heterocycles. The van der Waals surface area contributed by atoms with Crippen LogP contribution in [0.5, 0.6) is 0 Å². The average molecular weight is 455 g/mol. The van der Waals surface area contributed by atoms with Crippen molar-refractivity contribution in [2.45, 2.75) is 29.8 Å². The first-order valence-corrected chi connectivity index (χ1v) is 11.4. The van der Waals surface area contributed by atoms with E-state index < -0.39 is 15.8 Å². The molecule has 2 aromatic heterocycles. The molecular formula is C23H19ClN2O4S. The van der Waals surface area contributed by atoms with Gasteiger partial charge in [0, 0.05) is 34.2 Å². The lowest BCUT2D eigenvalue weighted by atomic mass is 10.0. The molecule has 0 radical (unpaired) electrons. The van der Waals surface area contributed by atoms with Crippen LogP contribution in [0.15, 0.2) is 76.8 Å². The van der Waals surface area contributed by atoms with Crippen molar-refractivity contribution in [3.8, 4) is 0 Å². The van der Waals surface area contributed by atoms with Gasteiger partial charge < -0.3 is 9.67 Å². The van der Waals surface area contributed by atoms with E-state index in [1.165, 1.54) is 18.3 Å². The minimum absolute atomic E-state index is 0.0123. The molecule has 31 heavy (non-hydrogen) atoms. The van der Waals surface area contributed by atoms with E-state index >= 15 is 0 Å². The molecule has 1 N–H and O–H groups in total. The second kappa shape index (κ2) is 8.17. The topological polar surface area (TPSA) is 89.3 Å². The summed E-state index contributed by atoms with van der Waals surface area (Å²) in [7, 11) is -3.81. The first-order chi connectivity index (χ1) is 14.8. The van der Waals surface area contributed by atoms with Gasteiger partial charge in [-0.2, -0.15) is 0 Å². The highest BCUT2D eigenvalue weighted by Crippen LogP contribution is 2.32. The van der Waals surface area contributed by atoms with Crippen LogP contribution < -0.4 is 0 Å². The van der Waals surface area contributed by atoms with E-state index in [9.17, 15) is 18.3 Å². The molecule has 0 fully saturated rings. The van der Waals surface area contributed by atoms with E-state index in [0.717, 1.165) is 22.2 Å². The van der Waals surface area contributed by atoms with Gasteiger partial charge in [-0.15, -0.1) is 0 Å². The third kappa shape index (κ3) is 3.94. The van der Waals surface area contributed by atoms with Gasteiger partial charge in [-0.1, -0.05) is 35.9 Å². The molecule has 0 aliphatic carbocycles. The summed E-state index contributed by atoms with van der Waals surface area (Å²) in [5, 5.41) is 10.6. The number of aromatic nitrogens is 2. The monoisotopic (exact) mass is 454 g/mol. The molecule has 158 valence electrons. The highest BCUT2D eigenvalue weighted by molar-refractivity contribution is 7.91. The summed E-state index contributed by atoms with van der Waals surface area (Å²) >= 11 is 6.21. The van der Waals surface area contributed by atoms with Gasteiger partial charge >= 0.3 is 5.97 Å². The Kier molecular flexibility index (Phi) is 5.56. The minimum Gasteiger partial charge on any atom is -0.480 e. The smallest absolute Gasteiger partial charge is 0.323 e.